The second kappa shape index (κ2) is 5.97. The first-order valence-electron chi connectivity index (χ1n) is 6.00. The van der Waals surface area contributed by atoms with Crippen molar-refractivity contribution in [2.75, 3.05) is 14.2 Å². The molecule has 0 N–H and O–H groups in total. The topological polar surface area (TPSA) is 52.6 Å². The molecule has 0 saturated heterocycles. The Balaban J connectivity index is 3.03. The first kappa shape index (κ1) is 16.7. The highest BCUT2D eigenvalue weighted by Gasteiger charge is 2.59. The molecule has 4 nitrogen and oxygen atoms in total. The molecule has 0 atom stereocenters. The van der Waals surface area contributed by atoms with Crippen molar-refractivity contribution in [3.05, 3.63) is 0 Å². The molecule has 0 aromatic heterocycles. The third-order valence-corrected chi connectivity index (χ3v) is 4.05. The van der Waals surface area contributed by atoms with E-state index >= 15 is 0 Å². The van der Waals surface area contributed by atoms with Crippen molar-refractivity contribution >= 4 is 11.9 Å². The number of methoxy groups -OCH3 is 2. The van der Waals surface area contributed by atoms with E-state index < -0.39 is 61.3 Å². The number of ether oxygens (including phenoxy) is 2. The van der Waals surface area contributed by atoms with Crippen molar-refractivity contribution in [3.8, 4) is 0 Å². The number of hydrogen-bond donors (Lipinski definition) is 0. The molecular formula is C12H16F4O4. The van der Waals surface area contributed by atoms with E-state index in [-0.39, 0.29) is 0 Å². The summed E-state index contributed by atoms with van der Waals surface area (Å²) in [6.07, 6.45) is -8.26. The average molecular weight is 300 g/mol. The maximum atomic E-state index is 13.1. The van der Waals surface area contributed by atoms with Crippen LogP contribution in [0.2, 0.25) is 0 Å². The van der Waals surface area contributed by atoms with Gasteiger partial charge in [-0.05, 0) is 25.7 Å². The van der Waals surface area contributed by atoms with Crippen LogP contribution in [0, 0.1) is 10.8 Å². The second-order valence-corrected chi connectivity index (χ2v) is 4.90. The Kier molecular flexibility index (Phi) is 4.99. The second-order valence-electron chi connectivity index (χ2n) is 4.90. The van der Waals surface area contributed by atoms with Gasteiger partial charge >= 0.3 is 11.9 Å². The predicted molar refractivity (Wildman–Crippen MR) is 59.4 cm³/mol. The number of hydrogen-bond acceptors (Lipinski definition) is 4. The molecule has 116 valence electrons. The molecule has 1 saturated carbocycles. The van der Waals surface area contributed by atoms with Crippen LogP contribution in [-0.2, 0) is 19.1 Å². The van der Waals surface area contributed by atoms with Crippen LogP contribution in [0.15, 0.2) is 0 Å². The van der Waals surface area contributed by atoms with Crippen LogP contribution in [-0.4, -0.2) is 39.0 Å². The van der Waals surface area contributed by atoms with E-state index in [0.29, 0.717) is 0 Å². The van der Waals surface area contributed by atoms with E-state index in [9.17, 15) is 27.2 Å². The lowest BCUT2D eigenvalue weighted by atomic mass is 9.63. The van der Waals surface area contributed by atoms with Gasteiger partial charge in [-0.3, -0.25) is 9.59 Å². The predicted octanol–water partition coefficient (Wildman–Crippen LogP) is 2.41. The van der Waals surface area contributed by atoms with Gasteiger partial charge in [-0.15, -0.1) is 0 Å². The fourth-order valence-corrected chi connectivity index (χ4v) is 2.57. The molecule has 0 aliphatic heterocycles. The normalized spacial score (nSPS) is 30.4. The maximum Gasteiger partial charge on any atom is 0.317 e. The summed E-state index contributed by atoms with van der Waals surface area (Å²) < 4.78 is 61.3. The molecule has 0 amide bonds. The third-order valence-electron chi connectivity index (χ3n) is 4.05. The lowest BCUT2D eigenvalue weighted by Gasteiger charge is -2.42. The molecule has 1 aliphatic carbocycles. The Morgan fingerprint density at radius 2 is 1.05 bits per heavy atom. The Morgan fingerprint density at radius 3 is 1.20 bits per heavy atom. The van der Waals surface area contributed by atoms with Crippen LogP contribution in [0.3, 0.4) is 0 Å². The van der Waals surface area contributed by atoms with Gasteiger partial charge in [0.2, 0.25) is 0 Å². The van der Waals surface area contributed by atoms with Gasteiger partial charge in [-0.2, -0.15) is 0 Å². The smallest absolute Gasteiger partial charge is 0.317 e. The zero-order chi connectivity index (χ0) is 15.6. The molecule has 1 aliphatic rings. The minimum Gasteiger partial charge on any atom is -0.468 e. The molecule has 0 aromatic carbocycles. The molecule has 8 heteroatoms. The highest BCUT2D eigenvalue weighted by atomic mass is 19.3. The van der Waals surface area contributed by atoms with Crippen LogP contribution < -0.4 is 0 Å². The molecule has 0 heterocycles. The molecule has 0 aromatic rings. The van der Waals surface area contributed by atoms with E-state index in [1.807, 2.05) is 0 Å². The third kappa shape index (κ3) is 2.47. The van der Waals surface area contributed by atoms with Crippen LogP contribution >= 0.6 is 0 Å². The SMILES string of the molecule is COC(=O)C1(C(F)F)CCC(C(=O)OC)(C(F)F)CC1. The maximum absolute atomic E-state index is 13.1. The van der Waals surface area contributed by atoms with Crippen molar-refractivity contribution in [2.24, 2.45) is 10.8 Å². The summed E-state index contributed by atoms with van der Waals surface area (Å²) in [5.74, 6) is -2.28. The highest BCUT2D eigenvalue weighted by Crippen LogP contribution is 2.52. The monoisotopic (exact) mass is 300 g/mol. The summed E-state index contributed by atoms with van der Waals surface area (Å²) in [6.45, 7) is 0. The Bertz CT molecular complexity index is 340. The van der Waals surface area contributed by atoms with Gasteiger partial charge in [0.1, 0.15) is 10.8 Å². The van der Waals surface area contributed by atoms with Crippen molar-refractivity contribution in [1.82, 2.24) is 0 Å². The first-order valence-corrected chi connectivity index (χ1v) is 6.00. The standard InChI is InChI=1S/C12H16F4O4/c1-19-9(17)11(7(13)14)3-5-12(6-4-11,8(15)16)10(18)20-2/h7-8H,3-6H2,1-2H3. The van der Waals surface area contributed by atoms with Crippen molar-refractivity contribution in [2.45, 2.75) is 38.5 Å². The van der Waals surface area contributed by atoms with E-state index in [0.717, 1.165) is 14.2 Å². The van der Waals surface area contributed by atoms with Crippen LogP contribution in [0.4, 0.5) is 17.6 Å². The van der Waals surface area contributed by atoms with Crippen molar-refractivity contribution in [1.29, 1.82) is 0 Å². The van der Waals surface area contributed by atoms with Gasteiger partial charge in [0.15, 0.2) is 0 Å². The fourth-order valence-electron chi connectivity index (χ4n) is 2.57. The Hall–Kier alpha value is -1.34. The van der Waals surface area contributed by atoms with Gasteiger partial charge in [0, 0.05) is 0 Å². The fraction of sp³-hybridized carbons (Fsp3) is 0.833. The molecule has 0 unspecified atom stereocenters. The minimum atomic E-state index is -3.04. The minimum absolute atomic E-state index is 0.545. The zero-order valence-electron chi connectivity index (χ0n) is 11.1. The quantitative estimate of drug-likeness (QED) is 0.591. The number of carbonyl (C=O) groups excluding carboxylic acids is 2. The summed E-state index contributed by atoms with van der Waals surface area (Å²) in [4.78, 5) is 23.1. The summed E-state index contributed by atoms with van der Waals surface area (Å²) in [7, 11) is 1.92. The summed E-state index contributed by atoms with van der Waals surface area (Å²) in [5.41, 5.74) is -4.25. The molecule has 0 spiro atoms. The molecule has 1 rings (SSSR count). The van der Waals surface area contributed by atoms with Gasteiger partial charge in [-0.1, -0.05) is 0 Å². The van der Waals surface area contributed by atoms with Crippen molar-refractivity contribution < 1.29 is 36.6 Å². The number of carbonyl (C=O) groups is 2. The lowest BCUT2D eigenvalue weighted by Crippen LogP contribution is -2.50. The Labute approximate surface area is 113 Å². The van der Waals surface area contributed by atoms with E-state index in [1.165, 1.54) is 0 Å². The van der Waals surface area contributed by atoms with E-state index in [2.05, 4.69) is 9.47 Å². The van der Waals surface area contributed by atoms with E-state index in [4.69, 9.17) is 0 Å². The van der Waals surface area contributed by atoms with Gasteiger partial charge in [-0.25, -0.2) is 17.6 Å². The summed E-state index contributed by atoms with van der Waals surface area (Å²) in [6, 6.07) is 0. The van der Waals surface area contributed by atoms with Crippen LogP contribution in [0.1, 0.15) is 25.7 Å². The summed E-state index contributed by atoms with van der Waals surface area (Å²) >= 11 is 0. The highest BCUT2D eigenvalue weighted by molar-refractivity contribution is 5.80. The Morgan fingerprint density at radius 1 is 0.800 bits per heavy atom. The number of rotatable bonds is 4. The number of esters is 2. The van der Waals surface area contributed by atoms with Gasteiger partial charge < -0.3 is 9.47 Å². The summed E-state index contributed by atoms with van der Waals surface area (Å²) in [5, 5.41) is 0. The molecule has 0 bridgehead atoms. The molecule has 20 heavy (non-hydrogen) atoms. The zero-order valence-corrected chi connectivity index (χ0v) is 11.1. The van der Waals surface area contributed by atoms with Crippen molar-refractivity contribution in [3.63, 3.8) is 0 Å². The van der Waals surface area contributed by atoms with Crippen LogP contribution in [0.25, 0.3) is 0 Å². The van der Waals surface area contributed by atoms with E-state index in [1.54, 1.807) is 0 Å². The molecule has 0 radical (unpaired) electrons. The number of alkyl halides is 4. The number of halogens is 4. The largest absolute Gasteiger partial charge is 0.468 e. The first-order chi connectivity index (χ1) is 9.26. The van der Waals surface area contributed by atoms with Gasteiger partial charge in [0.25, 0.3) is 12.9 Å². The van der Waals surface area contributed by atoms with Gasteiger partial charge in [0.05, 0.1) is 14.2 Å². The average Bonchev–Trinajstić information content (AvgIpc) is 2.44. The van der Waals surface area contributed by atoms with Crippen LogP contribution in [0.5, 0.6) is 0 Å². The molecular weight excluding hydrogens is 284 g/mol. The lowest BCUT2D eigenvalue weighted by molar-refractivity contribution is -0.185. The molecule has 1 fully saturated rings.